The normalized spacial score (nSPS) is 10.9. The summed E-state index contributed by atoms with van der Waals surface area (Å²) in [6.07, 6.45) is 3.67. The highest BCUT2D eigenvalue weighted by Gasteiger charge is 2.01. The third-order valence-electron chi connectivity index (χ3n) is 2.91. The topological polar surface area (TPSA) is 41.5 Å². The summed E-state index contributed by atoms with van der Waals surface area (Å²) in [6.45, 7) is 0. The predicted molar refractivity (Wildman–Crippen MR) is 102 cm³/mol. The van der Waals surface area contributed by atoms with Crippen LogP contribution in [0.4, 0.5) is 0 Å². The van der Waals surface area contributed by atoms with Crippen molar-refractivity contribution in [1.29, 1.82) is 0 Å². The molecule has 23 heavy (non-hydrogen) atoms. The molecular weight excluding hydrogens is 348 g/mol. The Morgan fingerprint density at radius 3 is 2.74 bits per heavy atom. The number of carbonyl (C=O) groups excluding carboxylic acids is 1. The van der Waals surface area contributed by atoms with Crippen LogP contribution in [0.5, 0.6) is 0 Å². The smallest absolute Gasteiger partial charge is 0.250 e. The van der Waals surface area contributed by atoms with Gasteiger partial charge >= 0.3 is 0 Å². The van der Waals surface area contributed by atoms with Crippen molar-refractivity contribution in [3.05, 3.63) is 64.7 Å². The van der Waals surface area contributed by atoms with E-state index in [1.807, 2.05) is 54.8 Å². The minimum atomic E-state index is -0.117. The Labute approximate surface area is 149 Å². The van der Waals surface area contributed by atoms with Crippen molar-refractivity contribution in [3.63, 3.8) is 0 Å². The lowest BCUT2D eigenvalue weighted by atomic mass is 10.2. The van der Waals surface area contributed by atoms with E-state index in [1.54, 1.807) is 18.0 Å². The first-order valence-electron chi connectivity index (χ1n) is 6.95. The minimum absolute atomic E-state index is 0.117. The van der Waals surface area contributed by atoms with Gasteiger partial charge in [0.05, 0.1) is 12.0 Å². The van der Waals surface area contributed by atoms with Gasteiger partial charge in [0.15, 0.2) is 0 Å². The van der Waals surface area contributed by atoms with Crippen LogP contribution in [0.25, 0.3) is 0 Å². The maximum atomic E-state index is 11.7. The van der Waals surface area contributed by atoms with Crippen LogP contribution in [0.2, 0.25) is 5.02 Å². The molecule has 0 aliphatic heterocycles. The Hall–Kier alpha value is -1.43. The largest absolute Gasteiger partial charge is 0.272 e. The van der Waals surface area contributed by atoms with E-state index >= 15 is 0 Å². The molecule has 0 aliphatic carbocycles. The predicted octanol–water partition coefficient (Wildman–Crippen LogP) is 4.45. The zero-order valence-corrected chi connectivity index (χ0v) is 15.0. The number of thioether (sulfide) groups is 2. The van der Waals surface area contributed by atoms with E-state index in [9.17, 15) is 4.79 Å². The summed E-state index contributed by atoms with van der Waals surface area (Å²) in [5.74, 6) is 0.984. The van der Waals surface area contributed by atoms with E-state index < -0.39 is 0 Å². The standard InChI is InChI=1S/C17H17ClN2OS2/c1-22-16-7-5-13(6-8-16)10-19-20-17(21)12-23-11-14-3-2-4-15(18)9-14/h2-10H,11-12H2,1H3,(H,20,21)/b19-10-. The molecule has 0 bridgehead atoms. The maximum absolute atomic E-state index is 11.7. The Balaban J connectivity index is 1.71. The highest BCUT2D eigenvalue weighted by atomic mass is 35.5. The molecule has 0 fully saturated rings. The van der Waals surface area contributed by atoms with Gasteiger partial charge in [-0.25, -0.2) is 5.43 Å². The monoisotopic (exact) mass is 364 g/mol. The molecule has 0 saturated carbocycles. The number of halogens is 1. The van der Waals surface area contributed by atoms with Gasteiger partial charge in [-0.15, -0.1) is 23.5 Å². The Morgan fingerprint density at radius 2 is 2.04 bits per heavy atom. The van der Waals surface area contributed by atoms with Gasteiger partial charge in [0.25, 0.3) is 0 Å². The fourth-order valence-electron chi connectivity index (χ4n) is 1.79. The first kappa shape index (κ1) is 17.9. The molecule has 0 radical (unpaired) electrons. The van der Waals surface area contributed by atoms with Crippen molar-refractivity contribution in [2.45, 2.75) is 10.6 Å². The van der Waals surface area contributed by atoms with Crippen LogP contribution in [-0.2, 0) is 10.5 Å². The summed E-state index contributed by atoms with van der Waals surface area (Å²) in [7, 11) is 0. The minimum Gasteiger partial charge on any atom is -0.272 e. The van der Waals surface area contributed by atoms with Crippen LogP contribution in [0.15, 0.2) is 58.5 Å². The first-order chi connectivity index (χ1) is 11.2. The average Bonchev–Trinajstić information content (AvgIpc) is 2.55. The number of amides is 1. The van der Waals surface area contributed by atoms with E-state index in [2.05, 4.69) is 10.5 Å². The van der Waals surface area contributed by atoms with E-state index in [0.717, 1.165) is 16.9 Å². The van der Waals surface area contributed by atoms with E-state index in [-0.39, 0.29) is 5.91 Å². The summed E-state index contributed by atoms with van der Waals surface area (Å²) in [5, 5.41) is 4.68. The van der Waals surface area contributed by atoms with Gasteiger partial charge < -0.3 is 0 Å². The fraction of sp³-hybridized carbons (Fsp3) is 0.176. The maximum Gasteiger partial charge on any atom is 0.250 e. The molecule has 120 valence electrons. The Kier molecular flexibility index (Phi) is 7.52. The fourth-order valence-corrected chi connectivity index (χ4v) is 3.18. The molecule has 0 aliphatic rings. The number of hydrazone groups is 1. The van der Waals surface area contributed by atoms with Crippen molar-refractivity contribution < 1.29 is 4.79 Å². The van der Waals surface area contributed by atoms with Gasteiger partial charge in [-0.05, 0) is 41.6 Å². The number of carbonyl (C=O) groups is 1. The summed E-state index contributed by atoms with van der Waals surface area (Å²) >= 11 is 9.14. The third-order valence-corrected chi connectivity index (χ3v) is 4.89. The zero-order valence-electron chi connectivity index (χ0n) is 12.7. The van der Waals surface area contributed by atoms with Crippen LogP contribution in [0.3, 0.4) is 0 Å². The van der Waals surface area contributed by atoms with Crippen molar-refractivity contribution in [2.24, 2.45) is 5.10 Å². The second-order valence-corrected chi connectivity index (χ2v) is 6.99. The molecule has 0 aromatic heterocycles. The van der Waals surface area contributed by atoms with Gasteiger partial charge in [-0.2, -0.15) is 5.10 Å². The number of hydrogen-bond donors (Lipinski definition) is 1. The lowest BCUT2D eigenvalue weighted by Crippen LogP contribution is -2.19. The van der Waals surface area contributed by atoms with Crippen molar-refractivity contribution >= 4 is 47.2 Å². The summed E-state index contributed by atoms with van der Waals surface area (Å²) in [5.41, 5.74) is 4.59. The lowest BCUT2D eigenvalue weighted by Gasteiger charge is -2.02. The van der Waals surface area contributed by atoms with Crippen LogP contribution in [0.1, 0.15) is 11.1 Å². The molecular formula is C17H17ClN2OS2. The molecule has 3 nitrogen and oxygen atoms in total. The van der Waals surface area contributed by atoms with Crippen molar-refractivity contribution in [3.8, 4) is 0 Å². The molecule has 0 atom stereocenters. The second kappa shape index (κ2) is 9.65. The van der Waals surface area contributed by atoms with Crippen LogP contribution < -0.4 is 5.43 Å². The van der Waals surface area contributed by atoms with Crippen molar-refractivity contribution in [1.82, 2.24) is 5.43 Å². The van der Waals surface area contributed by atoms with Gasteiger partial charge in [-0.1, -0.05) is 35.9 Å². The number of nitrogens with one attached hydrogen (secondary N) is 1. The van der Waals surface area contributed by atoms with E-state index in [1.165, 1.54) is 16.7 Å². The van der Waals surface area contributed by atoms with Crippen LogP contribution >= 0.6 is 35.1 Å². The van der Waals surface area contributed by atoms with Gasteiger partial charge in [0.2, 0.25) is 5.91 Å². The van der Waals surface area contributed by atoms with E-state index in [4.69, 9.17) is 11.6 Å². The molecule has 0 saturated heterocycles. The number of benzene rings is 2. The van der Waals surface area contributed by atoms with Gasteiger partial charge in [-0.3, -0.25) is 4.79 Å². The summed E-state index contributed by atoms with van der Waals surface area (Å²) in [6, 6.07) is 15.6. The third kappa shape index (κ3) is 6.69. The highest BCUT2D eigenvalue weighted by Crippen LogP contribution is 2.16. The van der Waals surface area contributed by atoms with Gasteiger partial charge in [0.1, 0.15) is 0 Å². The highest BCUT2D eigenvalue weighted by molar-refractivity contribution is 7.99. The average molecular weight is 365 g/mol. The second-order valence-electron chi connectivity index (χ2n) is 4.69. The molecule has 2 aromatic carbocycles. The molecule has 2 aromatic rings. The molecule has 6 heteroatoms. The Bertz CT molecular complexity index is 675. The molecule has 0 unspecified atom stereocenters. The number of rotatable bonds is 7. The molecule has 0 heterocycles. The van der Waals surface area contributed by atoms with Crippen molar-refractivity contribution in [2.75, 3.05) is 12.0 Å². The Morgan fingerprint density at radius 1 is 1.26 bits per heavy atom. The quantitative estimate of drug-likeness (QED) is 0.448. The van der Waals surface area contributed by atoms with Crippen LogP contribution in [0, 0.1) is 0 Å². The summed E-state index contributed by atoms with van der Waals surface area (Å²) in [4.78, 5) is 12.9. The summed E-state index contributed by atoms with van der Waals surface area (Å²) < 4.78 is 0. The van der Waals surface area contributed by atoms with E-state index in [0.29, 0.717) is 10.8 Å². The lowest BCUT2D eigenvalue weighted by molar-refractivity contribution is -0.118. The van der Waals surface area contributed by atoms with Gasteiger partial charge in [0, 0.05) is 15.7 Å². The van der Waals surface area contributed by atoms with Crippen LogP contribution in [-0.4, -0.2) is 24.1 Å². The molecule has 0 spiro atoms. The molecule has 1 N–H and O–H groups in total. The zero-order chi connectivity index (χ0) is 16.5. The first-order valence-corrected chi connectivity index (χ1v) is 9.71. The molecule has 2 rings (SSSR count). The number of nitrogens with zero attached hydrogens (tertiary/aromatic N) is 1. The number of hydrogen-bond acceptors (Lipinski definition) is 4. The molecule has 1 amide bonds. The SMILES string of the molecule is CSc1ccc(/C=N\NC(=O)CSCc2cccc(Cl)c2)cc1.